The van der Waals surface area contributed by atoms with Crippen molar-refractivity contribution in [1.29, 1.82) is 0 Å². The Morgan fingerprint density at radius 1 is 1.16 bits per heavy atom. The van der Waals surface area contributed by atoms with Crippen molar-refractivity contribution in [2.45, 2.75) is 56.9 Å². The maximum absolute atomic E-state index is 14.3. The topological polar surface area (TPSA) is 102 Å². The lowest BCUT2D eigenvalue weighted by molar-refractivity contribution is -0.113. The molecule has 234 valence electrons. The van der Waals surface area contributed by atoms with Crippen molar-refractivity contribution in [2.24, 2.45) is 11.7 Å². The molecule has 4 aromatic rings. The van der Waals surface area contributed by atoms with Crippen LogP contribution in [-0.2, 0) is 13.1 Å². The standard InChI is InChI=1S/C32H37F3N6O3/c1-44-27-12-21(31(43)39-17-22(33)13-23(36)18-39)10-24-29(27)41(16-19-14-32(34,35)15-19)30(37-24)26-11-20-4-2-5-25-28(20)40(26)8-7-38(25)6-3-9-42/h2,4-5,10-12,19,22-23,42H,3,6-9,13-18,36H2,1H3/t22-,23-/m1/s1. The first-order valence-corrected chi connectivity index (χ1v) is 15.3. The van der Waals surface area contributed by atoms with E-state index >= 15 is 0 Å². The number of halogens is 3. The number of para-hydroxylation sites is 1. The van der Waals surface area contributed by atoms with Gasteiger partial charge in [0, 0.05) is 69.2 Å². The summed E-state index contributed by atoms with van der Waals surface area (Å²) < 4.78 is 52.2. The Labute approximate surface area is 253 Å². The van der Waals surface area contributed by atoms with E-state index in [-0.39, 0.29) is 50.8 Å². The molecule has 1 saturated heterocycles. The van der Waals surface area contributed by atoms with Crippen molar-refractivity contribution in [3.05, 3.63) is 42.0 Å². The van der Waals surface area contributed by atoms with Gasteiger partial charge in [-0.3, -0.25) is 4.79 Å². The number of nitrogens with zero attached hydrogens (tertiary/aromatic N) is 5. The van der Waals surface area contributed by atoms with Gasteiger partial charge in [-0.15, -0.1) is 0 Å². The summed E-state index contributed by atoms with van der Waals surface area (Å²) in [7, 11) is 1.51. The number of alkyl halides is 3. The van der Waals surface area contributed by atoms with E-state index in [0.29, 0.717) is 47.7 Å². The number of hydrogen-bond acceptors (Lipinski definition) is 6. The third kappa shape index (κ3) is 4.97. The number of aliphatic hydroxyl groups is 1. The summed E-state index contributed by atoms with van der Waals surface area (Å²) in [6.45, 7) is 2.85. The number of imidazole rings is 1. The minimum Gasteiger partial charge on any atom is -0.494 e. The van der Waals surface area contributed by atoms with Gasteiger partial charge in [0.15, 0.2) is 5.82 Å². The number of anilines is 1. The summed E-state index contributed by atoms with van der Waals surface area (Å²) >= 11 is 0. The number of carbonyl (C=O) groups excluding carboxylic acids is 1. The average molecular weight is 611 g/mol. The van der Waals surface area contributed by atoms with Crippen LogP contribution in [0.5, 0.6) is 5.75 Å². The predicted molar refractivity (Wildman–Crippen MR) is 162 cm³/mol. The van der Waals surface area contributed by atoms with E-state index in [0.717, 1.165) is 35.4 Å². The Balaban J connectivity index is 1.36. The molecule has 0 bridgehead atoms. The molecule has 4 heterocycles. The van der Waals surface area contributed by atoms with Crippen molar-refractivity contribution in [3.63, 3.8) is 0 Å². The number of benzene rings is 2. The van der Waals surface area contributed by atoms with E-state index in [4.69, 9.17) is 15.5 Å². The first-order valence-electron chi connectivity index (χ1n) is 15.3. The van der Waals surface area contributed by atoms with Crippen LogP contribution in [0.3, 0.4) is 0 Å². The quantitative estimate of drug-likeness (QED) is 0.306. The van der Waals surface area contributed by atoms with Gasteiger partial charge in [-0.2, -0.15) is 0 Å². The molecule has 1 aliphatic carbocycles. The van der Waals surface area contributed by atoms with Gasteiger partial charge < -0.3 is 34.5 Å². The van der Waals surface area contributed by atoms with E-state index in [2.05, 4.69) is 21.6 Å². The highest BCUT2D eigenvalue weighted by atomic mass is 19.3. The molecule has 1 amide bonds. The molecule has 2 atom stereocenters. The van der Waals surface area contributed by atoms with Crippen LogP contribution in [-0.4, -0.2) is 88.1 Å². The van der Waals surface area contributed by atoms with Crippen molar-refractivity contribution in [3.8, 4) is 17.3 Å². The van der Waals surface area contributed by atoms with Gasteiger partial charge in [-0.25, -0.2) is 18.2 Å². The first-order chi connectivity index (χ1) is 21.2. The number of fused-ring (bicyclic) bond motifs is 1. The van der Waals surface area contributed by atoms with Gasteiger partial charge in [0.2, 0.25) is 5.92 Å². The molecule has 44 heavy (non-hydrogen) atoms. The molecule has 9 nitrogen and oxygen atoms in total. The number of aromatic nitrogens is 3. The molecule has 1 saturated carbocycles. The Bertz CT molecular complexity index is 1720. The number of methoxy groups -OCH3 is 1. The Morgan fingerprint density at radius 2 is 1.98 bits per heavy atom. The molecular weight excluding hydrogens is 573 g/mol. The highest BCUT2D eigenvalue weighted by molar-refractivity contribution is 6.01. The molecule has 0 spiro atoms. The molecule has 2 aromatic heterocycles. The van der Waals surface area contributed by atoms with Gasteiger partial charge in [0.05, 0.1) is 36.1 Å². The smallest absolute Gasteiger partial charge is 0.254 e. The minimum atomic E-state index is -2.67. The molecule has 2 fully saturated rings. The first kappa shape index (κ1) is 29.0. The van der Waals surface area contributed by atoms with Crippen molar-refractivity contribution < 1.29 is 27.8 Å². The molecule has 7 rings (SSSR count). The summed E-state index contributed by atoms with van der Waals surface area (Å²) in [5.74, 6) is -2.24. The lowest BCUT2D eigenvalue weighted by Crippen LogP contribution is -2.50. The normalized spacial score (nSPS) is 21.7. The maximum atomic E-state index is 14.3. The van der Waals surface area contributed by atoms with Crippen LogP contribution in [0.2, 0.25) is 0 Å². The number of likely N-dealkylation sites (tertiary alicyclic amines) is 1. The zero-order valence-corrected chi connectivity index (χ0v) is 24.7. The highest BCUT2D eigenvalue weighted by Gasteiger charge is 2.45. The van der Waals surface area contributed by atoms with Gasteiger partial charge in [-0.05, 0) is 43.0 Å². The summed E-state index contributed by atoms with van der Waals surface area (Å²) in [5.41, 5.74) is 10.5. The average Bonchev–Trinajstić information content (AvgIpc) is 3.53. The fourth-order valence-corrected chi connectivity index (χ4v) is 7.29. The molecule has 0 unspecified atom stereocenters. The molecule has 12 heteroatoms. The Morgan fingerprint density at radius 3 is 2.70 bits per heavy atom. The van der Waals surface area contributed by atoms with Crippen LogP contribution in [0.25, 0.3) is 33.5 Å². The van der Waals surface area contributed by atoms with Crippen LogP contribution in [0.1, 0.15) is 36.0 Å². The van der Waals surface area contributed by atoms with Crippen LogP contribution in [0.4, 0.5) is 18.9 Å². The molecule has 3 aliphatic rings. The maximum Gasteiger partial charge on any atom is 0.254 e. The number of nitrogens with two attached hydrogens (primary N) is 1. The number of amides is 1. The van der Waals surface area contributed by atoms with E-state index in [1.165, 1.54) is 12.0 Å². The van der Waals surface area contributed by atoms with E-state index < -0.39 is 18.1 Å². The summed E-state index contributed by atoms with van der Waals surface area (Å²) in [5, 5.41) is 10.4. The number of rotatable bonds is 8. The van der Waals surface area contributed by atoms with Crippen molar-refractivity contribution >= 4 is 33.5 Å². The number of aliphatic hydroxyl groups excluding tert-OH is 1. The molecule has 3 N–H and O–H groups in total. The van der Waals surface area contributed by atoms with Crippen LogP contribution >= 0.6 is 0 Å². The number of ether oxygens (including phenoxy) is 1. The zero-order chi connectivity index (χ0) is 30.7. The highest BCUT2D eigenvalue weighted by Crippen LogP contribution is 2.45. The second-order valence-corrected chi connectivity index (χ2v) is 12.5. The van der Waals surface area contributed by atoms with Crippen molar-refractivity contribution in [1.82, 2.24) is 19.0 Å². The Kier molecular flexibility index (Phi) is 7.24. The van der Waals surface area contributed by atoms with Crippen LogP contribution < -0.4 is 15.4 Å². The lowest BCUT2D eigenvalue weighted by Gasteiger charge is -2.35. The van der Waals surface area contributed by atoms with Gasteiger partial charge >= 0.3 is 0 Å². The predicted octanol–water partition coefficient (Wildman–Crippen LogP) is 4.43. The fourth-order valence-electron chi connectivity index (χ4n) is 7.29. The monoisotopic (exact) mass is 610 g/mol. The summed E-state index contributed by atoms with van der Waals surface area (Å²) in [6.07, 6.45) is -0.698. The second kappa shape index (κ2) is 11.0. The fraction of sp³-hybridized carbons (Fsp3) is 0.500. The molecule has 2 aliphatic heterocycles. The lowest BCUT2D eigenvalue weighted by atomic mass is 9.81. The zero-order valence-electron chi connectivity index (χ0n) is 24.7. The SMILES string of the molecule is COc1cc(C(=O)N2C[C@H](N)C[C@@H](F)C2)cc2nc(-c3cc4cccc5c4n3CCN5CCCO)n(CC3CC(F)(F)C3)c12. The number of carbonyl (C=O) groups is 1. The van der Waals surface area contributed by atoms with E-state index in [9.17, 15) is 23.1 Å². The van der Waals surface area contributed by atoms with Gasteiger partial charge in [-0.1, -0.05) is 12.1 Å². The molecule has 2 aromatic carbocycles. The third-order valence-electron chi connectivity index (χ3n) is 9.26. The second-order valence-electron chi connectivity index (χ2n) is 12.5. The van der Waals surface area contributed by atoms with Crippen LogP contribution in [0, 0.1) is 5.92 Å². The Hall–Kier alpha value is -3.77. The van der Waals surface area contributed by atoms with Gasteiger partial charge in [0.1, 0.15) is 17.4 Å². The van der Waals surface area contributed by atoms with E-state index in [1.54, 1.807) is 12.1 Å². The molecular formula is C32H37F3N6O3. The summed E-state index contributed by atoms with van der Waals surface area (Å²) in [4.78, 5) is 22.3. The number of hydrogen-bond donors (Lipinski definition) is 2. The largest absolute Gasteiger partial charge is 0.494 e. The minimum absolute atomic E-state index is 0.0276. The third-order valence-corrected chi connectivity index (χ3v) is 9.26. The number of piperidine rings is 1. The summed E-state index contributed by atoms with van der Waals surface area (Å²) in [6, 6.07) is 11.1. The van der Waals surface area contributed by atoms with Crippen molar-refractivity contribution in [2.75, 3.05) is 44.8 Å². The van der Waals surface area contributed by atoms with Crippen LogP contribution in [0.15, 0.2) is 36.4 Å². The van der Waals surface area contributed by atoms with Gasteiger partial charge in [0.25, 0.3) is 5.91 Å². The van der Waals surface area contributed by atoms with E-state index in [1.807, 2.05) is 16.7 Å². The molecule has 0 radical (unpaired) electrons.